The van der Waals surface area contributed by atoms with E-state index in [0.29, 0.717) is 16.3 Å². The number of aliphatic hydroxyl groups excluding tert-OH is 3. The zero-order valence-electron chi connectivity index (χ0n) is 11.8. The highest BCUT2D eigenvalue weighted by Gasteiger charge is 2.44. The van der Waals surface area contributed by atoms with E-state index in [1.807, 2.05) is 6.92 Å². The van der Waals surface area contributed by atoms with Gasteiger partial charge in [-0.15, -0.1) is 0 Å². The molecule has 0 amide bonds. The van der Waals surface area contributed by atoms with Crippen molar-refractivity contribution in [2.75, 3.05) is 18.1 Å². The van der Waals surface area contributed by atoms with Crippen molar-refractivity contribution in [3.8, 4) is 0 Å². The van der Waals surface area contributed by atoms with Crippen LogP contribution >= 0.6 is 11.8 Å². The van der Waals surface area contributed by atoms with Crippen LogP contribution in [-0.4, -0.2) is 65.5 Å². The molecule has 1 saturated heterocycles. The second-order valence-electron chi connectivity index (χ2n) is 4.88. The molecule has 1 aliphatic heterocycles. The van der Waals surface area contributed by atoms with E-state index < -0.39 is 31.1 Å². The number of nitrogens with zero attached hydrogens (tertiary/aromatic N) is 4. The molecule has 5 N–H and O–H groups in total. The largest absolute Gasteiger partial charge is 0.394 e. The van der Waals surface area contributed by atoms with Crippen LogP contribution in [0, 0.1) is 0 Å². The van der Waals surface area contributed by atoms with Crippen LogP contribution in [0.15, 0.2) is 11.5 Å². The van der Waals surface area contributed by atoms with Gasteiger partial charge >= 0.3 is 0 Å². The number of nitrogen functional groups attached to an aromatic ring is 1. The first-order valence-electron chi connectivity index (χ1n) is 6.82. The number of aromatic nitrogens is 4. The third kappa shape index (κ3) is 2.42. The third-order valence-corrected chi connectivity index (χ3v) is 4.22. The van der Waals surface area contributed by atoms with Crippen molar-refractivity contribution >= 4 is 28.7 Å². The Hall–Kier alpha value is -1.46. The van der Waals surface area contributed by atoms with E-state index in [-0.39, 0.29) is 5.82 Å². The number of nitrogens with two attached hydrogens (primary N) is 1. The minimum atomic E-state index is -1.20. The summed E-state index contributed by atoms with van der Waals surface area (Å²) in [7, 11) is 0. The van der Waals surface area contributed by atoms with Gasteiger partial charge in [-0.25, -0.2) is 15.0 Å². The van der Waals surface area contributed by atoms with Crippen LogP contribution in [0.2, 0.25) is 0 Å². The highest BCUT2D eigenvalue weighted by Crippen LogP contribution is 2.32. The molecule has 22 heavy (non-hydrogen) atoms. The summed E-state index contributed by atoms with van der Waals surface area (Å²) < 4.78 is 6.99. The summed E-state index contributed by atoms with van der Waals surface area (Å²) in [6, 6.07) is 0. The van der Waals surface area contributed by atoms with Crippen molar-refractivity contribution < 1.29 is 20.1 Å². The zero-order valence-corrected chi connectivity index (χ0v) is 12.6. The Morgan fingerprint density at radius 1 is 1.36 bits per heavy atom. The van der Waals surface area contributed by atoms with Gasteiger partial charge in [-0.1, -0.05) is 18.7 Å². The summed E-state index contributed by atoms with van der Waals surface area (Å²) in [6.45, 7) is 1.58. The van der Waals surface area contributed by atoms with Gasteiger partial charge in [0, 0.05) is 0 Å². The van der Waals surface area contributed by atoms with Gasteiger partial charge in [-0.05, 0) is 5.75 Å². The molecule has 1 fully saturated rings. The van der Waals surface area contributed by atoms with Gasteiger partial charge in [0.05, 0.1) is 12.9 Å². The van der Waals surface area contributed by atoms with Gasteiger partial charge in [0.2, 0.25) is 0 Å². The molecule has 4 atom stereocenters. The smallest absolute Gasteiger partial charge is 0.191 e. The van der Waals surface area contributed by atoms with Crippen LogP contribution in [0.1, 0.15) is 13.2 Å². The SMILES string of the molecule is CCSc1nc(N)c2ncn([C@@H]3O[C@H](CO)[C@@H](O)[C@H]3O)c2n1. The number of hydrogen-bond donors (Lipinski definition) is 4. The first kappa shape index (κ1) is 15.4. The van der Waals surface area contributed by atoms with E-state index in [9.17, 15) is 15.3 Å². The predicted molar refractivity (Wildman–Crippen MR) is 79.1 cm³/mol. The minimum Gasteiger partial charge on any atom is -0.394 e. The average molecular weight is 327 g/mol. The molecular weight excluding hydrogens is 310 g/mol. The molecule has 0 unspecified atom stereocenters. The molecule has 2 aromatic rings. The first-order valence-corrected chi connectivity index (χ1v) is 7.80. The van der Waals surface area contributed by atoms with Crippen molar-refractivity contribution in [3.63, 3.8) is 0 Å². The number of aliphatic hydroxyl groups is 3. The van der Waals surface area contributed by atoms with E-state index >= 15 is 0 Å². The Kier molecular flexibility index (Phi) is 4.19. The number of imidazole rings is 1. The van der Waals surface area contributed by atoms with Gasteiger partial charge < -0.3 is 25.8 Å². The van der Waals surface area contributed by atoms with Gasteiger partial charge in [0.25, 0.3) is 0 Å². The summed E-state index contributed by atoms with van der Waals surface area (Å²) in [5.41, 5.74) is 6.70. The van der Waals surface area contributed by atoms with Crippen molar-refractivity contribution in [2.45, 2.75) is 36.6 Å². The highest BCUT2D eigenvalue weighted by molar-refractivity contribution is 7.99. The van der Waals surface area contributed by atoms with Crippen LogP contribution in [-0.2, 0) is 4.74 Å². The second kappa shape index (κ2) is 5.97. The normalized spacial score (nSPS) is 28.5. The van der Waals surface area contributed by atoms with Crippen molar-refractivity contribution in [1.29, 1.82) is 0 Å². The fraction of sp³-hybridized carbons (Fsp3) is 0.583. The van der Waals surface area contributed by atoms with E-state index in [2.05, 4.69) is 15.0 Å². The summed E-state index contributed by atoms with van der Waals surface area (Å²) in [6.07, 6.45) is -2.72. The van der Waals surface area contributed by atoms with Crippen molar-refractivity contribution in [3.05, 3.63) is 6.33 Å². The monoisotopic (exact) mass is 327 g/mol. The molecule has 0 radical (unpaired) electrons. The number of rotatable bonds is 4. The second-order valence-corrected chi connectivity index (χ2v) is 6.11. The van der Waals surface area contributed by atoms with Crippen LogP contribution in [0.3, 0.4) is 0 Å². The molecule has 3 rings (SSSR count). The summed E-state index contributed by atoms with van der Waals surface area (Å²) in [5, 5.41) is 29.7. The lowest BCUT2D eigenvalue weighted by Gasteiger charge is -2.16. The minimum absolute atomic E-state index is 0.242. The van der Waals surface area contributed by atoms with E-state index in [0.717, 1.165) is 5.75 Å². The Bertz CT molecular complexity index is 681. The van der Waals surface area contributed by atoms with Crippen LogP contribution in [0.4, 0.5) is 5.82 Å². The summed E-state index contributed by atoms with van der Waals surface area (Å²) >= 11 is 1.43. The fourth-order valence-electron chi connectivity index (χ4n) is 2.41. The molecular formula is C12H17N5O4S. The van der Waals surface area contributed by atoms with E-state index in [1.165, 1.54) is 22.7 Å². The number of thioether (sulfide) groups is 1. The van der Waals surface area contributed by atoms with Gasteiger partial charge in [-0.2, -0.15) is 0 Å². The number of anilines is 1. The zero-order chi connectivity index (χ0) is 15.9. The van der Waals surface area contributed by atoms with Crippen molar-refractivity contribution in [2.24, 2.45) is 0 Å². The molecule has 0 bridgehead atoms. The lowest BCUT2D eigenvalue weighted by molar-refractivity contribution is -0.0511. The molecule has 9 nitrogen and oxygen atoms in total. The number of fused-ring (bicyclic) bond motifs is 1. The quantitative estimate of drug-likeness (QED) is 0.417. The number of hydrogen-bond acceptors (Lipinski definition) is 9. The summed E-state index contributed by atoms with van der Waals surface area (Å²) in [4.78, 5) is 12.7. The van der Waals surface area contributed by atoms with Gasteiger partial charge in [-0.3, -0.25) is 4.57 Å². The Balaban J connectivity index is 2.04. The molecule has 0 aliphatic carbocycles. The molecule has 1 aliphatic rings. The standard InChI is InChI=1S/C12H17N5O4S/c1-2-22-12-15-9(13)6-10(16-12)17(4-14-6)11-8(20)7(19)5(3-18)21-11/h4-5,7-8,11,18-20H,2-3H2,1H3,(H2,13,15,16)/t5-,7-,8-,11-/m1/s1. The molecule has 0 spiro atoms. The highest BCUT2D eigenvalue weighted by atomic mass is 32.2. The lowest BCUT2D eigenvalue weighted by Crippen LogP contribution is -2.33. The molecule has 120 valence electrons. The molecule has 2 aromatic heterocycles. The van der Waals surface area contributed by atoms with Crippen molar-refractivity contribution in [1.82, 2.24) is 19.5 Å². The topological polar surface area (TPSA) is 140 Å². The molecule has 3 heterocycles. The maximum absolute atomic E-state index is 10.1. The van der Waals surface area contributed by atoms with Gasteiger partial charge in [0.15, 0.2) is 22.8 Å². The first-order chi connectivity index (χ1) is 10.6. The molecule has 0 aromatic carbocycles. The van der Waals surface area contributed by atoms with Gasteiger partial charge in [0.1, 0.15) is 23.8 Å². The maximum Gasteiger partial charge on any atom is 0.191 e. The van der Waals surface area contributed by atoms with E-state index in [1.54, 1.807) is 0 Å². The average Bonchev–Trinajstić information content (AvgIpc) is 3.03. The van der Waals surface area contributed by atoms with Crippen LogP contribution in [0.5, 0.6) is 0 Å². The maximum atomic E-state index is 10.1. The molecule has 10 heteroatoms. The number of ether oxygens (including phenoxy) is 1. The Morgan fingerprint density at radius 2 is 2.14 bits per heavy atom. The third-order valence-electron chi connectivity index (χ3n) is 3.49. The Morgan fingerprint density at radius 3 is 2.77 bits per heavy atom. The predicted octanol–water partition coefficient (Wildman–Crippen LogP) is -0.868. The fourth-order valence-corrected chi connectivity index (χ4v) is 2.98. The van der Waals surface area contributed by atoms with Crippen LogP contribution < -0.4 is 5.73 Å². The lowest BCUT2D eigenvalue weighted by atomic mass is 10.1. The van der Waals surface area contributed by atoms with Crippen LogP contribution in [0.25, 0.3) is 11.2 Å². The summed E-state index contributed by atoms with van der Waals surface area (Å²) in [5.74, 6) is 1.03. The Labute approximate surface area is 130 Å². The van der Waals surface area contributed by atoms with E-state index in [4.69, 9.17) is 10.5 Å². The molecule has 0 saturated carbocycles.